The van der Waals surface area contributed by atoms with Gasteiger partial charge in [-0.3, -0.25) is 4.79 Å². The van der Waals surface area contributed by atoms with E-state index in [2.05, 4.69) is 10.5 Å². The molecule has 1 aromatic heterocycles. The second-order valence-corrected chi connectivity index (χ2v) is 4.63. The van der Waals surface area contributed by atoms with E-state index in [1.54, 1.807) is 0 Å². The molecule has 0 aromatic carbocycles. The van der Waals surface area contributed by atoms with Gasteiger partial charge in [-0.15, -0.1) is 0 Å². The molecule has 18 heavy (non-hydrogen) atoms. The van der Waals surface area contributed by atoms with Crippen LogP contribution in [0.15, 0.2) is 16.8 Å². The highest BCUT2D eigenvalue weighted by atomic mass is 16.5. The highest BCUT2D eigenvalue weighted by molar-refractivity contribution is 5.95. The summed E-state index contributed by atoms with van der Waals surface area (Å²) in [7, 11) is 0. The Kier molecular flexibility index (Phi) is 3.64. The number of nitrogens with zero attached hydrogens (tertiary/aromatic N) is 1. The van der Waals surface area contributed by atoms with Crippen molar-refractivity contribution < 1.29 is 19.2 Å². The van der Waals surface area contributed by atoms with E-state index in [1.165, 1.54) is 12.3 Å². The summed E-state index contributed by atoms with van der Waals surface area (Å²) in [5.41, 5.74) is -1.17. The molecule has 1 aromatic rings. The van der Waals surface area contributed by atoms with E-state index in [0.717, 1.165) is 25.7 Å². The van der Waals surface area contributed by atoms with Gasteiger partial charge in [-0.25, -0.2) is 4.79 Å². The number of aliphatic carboxylic acids is 1. The van der Waals surface area contributed by atoms with E-state index < -0.39 is 17.4 Å². The average Bonchev–Trinajstić information content (AvgIpc) is 2.77. The van der Waals surface area contributed by atoms with Crippen LogP contribution in [0.1, 0.15) is 49.1 Å². The third kappa shape index (κ3) is 2.52. The lowest BCUT2D eigenvalue weighted by Crippen LogP contribution is -2.54. The van der Waals surface area contributed by atoms with Gasteiger partial charge in [0.1, 0.15) is 5.54 Å². The Labute approximate surface area is 104 Å². The first-order valence-corrected chi connectivity index (χ1v) is 6.11. The van der Waals surface area contributed by atoms with Crippen molar-refractivity contribution >= 4 is 11.9 Å². The number of carboxylic acid groups (broad SMARTS) is 1. The molecular formula is C12H16N2O4. The van der Waals surface area contributed by atoms with E-state index in [0.29, 0.717) is 12.8 Å². The molecule has 0 saturated heterocycles. The zero-order chi connectivity index (χ0) is 13.0. The van der Waals surface area contributed by atoms with E-state index in [4.69, 9.17) is 4.52 Å². The normalized spacial score (nSPS) is 18.9. The highest BCUT2D eigenvalue weighted by Crippen LogP contribution is 2.27. The van der Waals surface area contributed by atoms with Crippen molar-refractivity contribution in [3.05, 3.63) is 18.0 Å². The van der Waals surface area contributed by atoms with Gasteiger partial charge in [0.25, 0.3) is 5.91 Å². The third-order valence-corrected chi connectivity index (χ3v) is 3.38. The van der Waals surface area contributed by atoms with Crippen LogP contribution in [-0.2, 0) is 4.79 Å². The van der Waals surface area contributed by atoms with Crippen LogP contribution < -0.4 is 5.32 Å². The fourth-order valence-corrected chi connectivity index (χ4v) is 2.34. The molecule has 0 bridgehead atoms. The topological polar surface area (TPSA) is 92.4 Å². The molecule has 0 spiro atoms. The van der Waals surface area contributed by atoms with Gasteiger partial charge < -0.3 is 14.9 Å². The van der Waals surface area contributed by atoms with Gasteiger partial charge in [-0.1, -0.05) is 30.8 Å². The molecule has 0 radical (unpaired) electrons. The first-order valence-electron chi connectivity index (χ1n) is 6.11. The molecule has 1 amide bonds. The Morgan fingerprint density at radius 2 is 1.94 bits per heavy atom. The van der Waals surface area contributed by atoms with Gasteiger partial charge in [0.2, 0.25) is 5.76 Å². The minimum Gasteiger partial charge on any atom is -0.480 e. The number of carbonyl (C=O) groups is 2. The average molecular weight is 252 g/mol. The Morgan fingerprint density at radius 1 is 1.28 bits per heavy atom. The number of aromatic nitrogens is 1. The molecule has 0 atom stereocenters. The first kappa shape index (κ1) is 12.6. The Bertz CT molecular complexity index is 419. The molecule has 98 valence electrons. The van der Waals surface area contributed by atoms with Gasteiger partial charge >= 0.3 is 5.97 Å². The predicted molar refractivity (Wildman–Crippen MR) is 62.0 cm³/mol. The zero-order valence-corrected chi connectivity index (χ0v) is 10.0. The largest absolute Gasteiger partial charge is 0.480 e. The maximum Gasteiger partial charge on any atom is 0.329 e. The summed E-state index contributed by atoms with van der Waals surface area (Å²) in [4.78, 5) is 23.4. The number of hydrogen-bond donors (Lipinski definition) is 2. The second-order valence-electron chi connectivity index (χ2n) is 4.63. The van der Waals surface area contributed by atoms with Crippen molar-refractivity contribution in [3.8, 4) is 0 Å². The van der Waals surface area contributed by atoms with Crippen LogP contribution in [0, 0.1) is 0 Å². The number of rotatable bonds is 3. The molecule has 2 N–H and O–H groups in total. The van der Waals surface area contributed by atoms with Crippen molar-refractivity contribution in [2.45, 2.75) is 44.1 Å². The van der Waals surface area contributed by atoms with Crippen molar-refractivity contribution in [3.63, 3.8) is 0 Å². The number of amides is 1. The minimum absolute atomic E-state index is 0.0415. The summed E-state index contributed by atoms with van der Waals surface area (Å²) in [6.45, 7) is 0. The van der Waals surface area contributed by atoms with Crippen LogP contribution in [0.4, 0.5) is 0 Å². The molecule has 0 unspecified atom stereocenters. The van der Waals surface area contributed by atoms with Crippen molar-refractivity contribution in [1.29, 1.82) is 0 Å². The summed E-state index contributed by atoms with van der Waals surface area (Å²) < 4.78 is 4.74. The summed E-state index contributed by atoms with van der Waals surface area (Å²) in [5.74, 6) is -1.45. The maximum atomic E-state index is 11.9. The Hall–Kier alpha value is -1.85. The molecule has 1 aliphatic carbocycles. The fourth-order valence-electron chi connectivity index (χ4n) is 2.34. The lowest BCUT2D eigenvalue weighted by Gasteiger charge is -2.28. The summed E-state index contributed by atoms with van der Waals surface area (Å²) in [6, 6.07) is 1.42. The van der Waals surface area contributed by atoms with Gasteiger partial charge in [0.05, 0.1) is 6.20 Å². The highest BCUT2D eigenvalue weighted by Gasteiger charge is 2.40. The Morgan fingerprint density at radius 3 is 2.44 bits per heavy atom. The van der Waals surface area contributed by atoms with E-state index in [9.17, 15) is 14.7 Å². The molecule has 1 aliphatic rings. The standard InChI is InChI=1S/C12H16N2O4/c15-10(9-5-8-13-18-9)14-12(11(16)17)6-3-1-2-4-7-12/h5,8H,1-4,6-7H2,(H,14,15)(H,16,17). The van der Waals surface area contributed by atoms with E-state index in [1.807, 2.05) is 0 Å². The van der Waals surface area contributed by atoms with Crippen molar-refractivity contribution in [1.82, 2.24) is 10.5 Å². The van der Waals surface area contributed by atoms with Gasteiger partial charge in [-0.05, 0) is 12.8 Å². The molecule has 6 nitrogen and oxygen atoms in total. The molecule has 1 saturated carbocycles. The molecule has 1 heterocycles. The van der Waals surface area contributed by atoms with E-state index in [-0.39, 0.29) is 5.76 Å². The monoisotopic (exact) mass is 252 g/mol. The lowest BCUT2D eigenvalue weighted by molar-refractivity contribution is -0.145. The predicted octanol–water partition coefficient (Wildman–Crippen LogP) is 1.58. The number of carbonyl (C=O) groups excluding carboxylic acids is 1. The minimum atomic E-state index is -1.17. The van der Waals surface area contributed by atoms with Crippen LogP contribution in [0.2, 0.25) is 0 Å². The maximum absolute atomic E-state index is 11.9. The molecule has 6 heteroatoms. The lowest BCUT2D eigenvalue weighted by atomic mass is 9.90. The Balaban J connectivity index is 2.15. The second kappa shape index (κ2) is 5.20. The van der Waals surface area contributed by atoms with Crippen LogP contribution in [-0.4, -0.2) is 27.7 Å². The fraction of sp³-hybridized carbons (Fsp3) is 0.583. The van der Waals surface area contributed by atoms with Crippen LogP contribution in [0.25, 0.3) is 0 Å². The van der Waals surface area contributed by atoms with Crippen LogP contribution >= 0.6 is 0 Å². The SMILES string of the molecule is O=C(NC1(C(=O)O)CCCCCC1)c1ccno1. The summed E-state index contributed by atoms with van der Waals surface area (Å²) in [5, 5.41) is 15.4. The number of hydrogen-bond acceptors (Lipinski definition) is 4. The molecule has 0 aliphatic heterocycles. The first-order chi connectivity index (χ1) is 8.64. The van der Waals surface area contributed by atoms with Gasteiger partial charge in [-0.2, -0.15) is 0 Å². The van der Waals surface area contributed by atoms with Gasteiger partial charge in [0, 0.05) is 6.07 Å². The number of carboxylic acids is 1. The smallest absolute Gasteiger partial charge is 0.329 e. The molecular weight excluding hydrogens is 236 g/mol. The van der Waals surface area contributed by atoms with Crippen molar-refractivity contribution in [2.24, 2.45) is 0 Å². The third-order valence-electron chi connectivity index (χ3n) is 3.38. The molecule has 2 rings (SSSR count). The van der Waals surface area contributed by atoms with Crippen molar-refractivity contribution in [2.75, 3.05) is 0 Å². The van der Waals surface area contributed by atoms with E-state index >= 15 is 0 Å². The molecule has 1 fully saturated rings. The summed E-state index contributed by atoms with van der Waals surface area (Å²) >= 11 is 0. The quantitative estimate of drug-likeness (QED) is 0.797. The van der Waals surface area contributed by atoms with Crippen LogP contribution in [0.3, 0.4) is 0 Å². The summed E-state index contributed by atoms with van der Waals surface area (Å²) in [6.07, 6.45) is 5.91. The van der Waals surface area contributed by atoms with Gasteiger partial charge in [0.15, 0.2) is 0 Å². The zero-order valence-electron chi connectivity index (χ0n) is 10.0. The van der Waals surface area contributed by atoms with Crippen LogP contribution in [0.5, 0.6) is 0 Å². The number of nitrogens with one attached hydrogen (secondary N) is 1.